The van der Waals surface area contributed by atoms with Gasteiger partial charge in [0.2, 0.25) is 0 Å². The van der Waals surface area contributed by atoms with E-state index in [0.717, 1.165) is 12.8 Å². The highest BCUT2D eigenvalue weighted by molar-refractivity contribution is 5.72. The smallest absolute Gasteiger partial charge is 0.320 e. The summed E-state index contributed by atoms with van der Waals surface area (Å²) in [5, 5.41) is 21.9. The summed E-state index contributed by atoms with van der Waals surface area (Å²) in [6.45, 7) is 0.604. The standard InChI is InChI=1S/C6H14N2O2.2CNO/c7-4-2-1-3-5(8)6(9)10;2*2-1-3/h5H,1-4,7-8H2,(H,9,10);;/q;2*-1. The summed E-state index contributed by atoms with van der Waals surface area (Å²) in [5.41, 5.74) is 10.4. The number of nitrogens with two attached hydrogens (primary N) is 2. The van der Waals surface area contributed by atoms with E-state index in [1.165, 1.54) is 0 Å². The lowest BCUT2D eigenvalue weighted by atomic mass is 10.1. The molecule has 0 aromatic carbocycles. The van der Waals surface area contributed by atoms with Crippen molar-refractivity contribution in [2.75, 3.05) is 6.54 Å². The van der Waals surface area contributed by atoms with Gasteiger partial charge in [-0.3, -0.25) is 14.4 Å². The molecule has 0 aromatic heterocycles. The van der Waals surface area contributed by atoms with E-state index >= 15 is 0 Å². The normalized spacial score (nSPS) is 9.12. The van der Waals surface area contributed by atoms with Gasteiger partial charge in [0.15, 0.2) is 0 Å². The van der Waals surface area contributed by atoms with Gasteiger partial charge >= 0.3 is 5.97 Å². The van der Waals surface area contributed by atoms with Crippen LogP contribution in [0.15, 0.2) is 0 Å². The monoisotopic (exact) mass is 230 g/mol. The Morgan fingerprint density at radius 3 is 1.88 bits per heavy atom. The fourth-order valence-corrected chi connectivity index (χ4v) is 0.632. The van der Waals surface area contributed by atoms with Crippen molar-refractivity contribution in [2.45, 2.75) is 25.3 Å². The Morgan fingerprint density at radius 1 is 1.25 bits per heavy atom. The van der Waals surface area contributed by atoms with Gasteiger partial charge < -0.3 is 27.4 Å². The number of isocyanates is 2. The second-order valence-corrected chi connectivity index (χ2v) is 2.41. The van der Waals surface area contributed by atoms with Gasteiger partial charge in [-0.2, -0.15) is 0 Å². The fourth-order valence-electron chi connectivity index (χ4n) is 0.632. The minimum atomic E-state index is -0.933. The molecule has 16 heavy (non-hydrogen) atoms. The molecule has 1 unspecified atom stereocenters. The van der Waals surface area contributed by atoms with E-state index in [4.69, 9.17) is 37.0 Å². The van der Waals surface area contributed by atoms with Crippen LogP contribution in [0.2, 0.25) is 0 Å². The zero-order chi connectivity index (χ0) is 13.4. The third-order valence-electron chi connectivity index (χ3n) is 1.29. The van der Waals surface area contributed by atoms with E-state index in [2.05, 4.69) is 0 Å². The molecule has 0 amide bonds. The second kappa shape index (κ2) is 18.8. The number of aliphatic carboxylic acids is 1. The molecular weight excluding hydrogens is 216 g/mol. The minimum Gasteiger partial charge on any atom is -0.724 e. The van der Waals surface area contributed by atoms with Crippen LogP contribution in [0, 0.1) is 0 Å². The Hall–Kier alpha value is -1.85. The molecule has 0 aliphatic carbocycles. The maximum Gasteiger partial charge on any atom is 0.320 e. The SMILES string of the molecule is NCCCCC(N)C(=O)O.[N-]=C=O.[N-]=C=O. The molecule has 0 aromatic rings. The predicted molar refractivity (Wildman–Crippen MR) is 56.6 cm³/mol. The molecule has 0 fully saturated rings. The van der Waals surface area contributed by atoms with Gasteiger partial charge in [0, 0.05) is 0 Å². The van der Waals surface area contributed by atoms with Gasteiger partial charge in [-0.25, -0.2) is 0 Å². The number of hydrogen-bond acceptors (Lipinski definition) is 5. The van der Waals surface area contributed by atoms with Crippen LogP contribution in [-0.2, 0) is 14.4 Å². The Labute approximate surface area is 92.6 Å². The molecule has 8 heteroatoms. The van der Waals surface area contributed by atoms with Crippen LogP contribution >= 0.6 is 0 Å². The van der Waals surface area contributed by atoms with Crippen LogP contribution in [0.4, 0.5) is 0 Å². The maximum absolute atomic E-state index is 10.1. The molecule has 92 valence electrons. The van der Waals surface area contributed by atoms with Crippen molar-refractivity contribution < 1.29 is 19.5 Å². The Kier molecular flexibility index (Phi) is 23.2. The molecular formula is C8H14N4O4-2. The molecule has 0 rings (SSSR count). The first-order valence-electron chi connectivity index (χ1n) is 4.22. The highest BCUT2D eigenvalue weighted by Crippen LogP contribution is 1.96. The Bertz CT molecular complexity index is 220. The van der Waals surface area contributed by atoms with E-state index < -0.39 is 12.0 Å². The maximum atomic E-state index is 10.1. The Balaban J connectivity index is -0.000000235. The van der Waals surface area contributed by atoms with Crippen LogP contribution in [0.1, 0.15) is 19.3 Å². The molecule has 5 N–H and O–H groups in total. The van der Waals surface area contributed by atoms with Gasteiger partial charge in [-0.15, -0.1) is 0 Å². The van der Waals surface area contributed by atoms with Crippen molar-refractivity contribution in [2.24, 2.45) is 11.5 Å². The van der Waals surface area contributed by atoms with Crippen LogP contribution in [0.3, 0.4) is 0 Å². The number of rotatable bonds is 5. The summed E-state index contributed by atoms with van der Waals surface area (Å²) < 4.78 is 0. The zero-order valence-corrected chi connectivity index (χ0v) is 8.63. The lowest BCUT2D eigenvalue weighted by Crippen LogP contribution is -2.29. The van der Waals surface area contributed by atoms with Crippen molar-refractivity contribution in [3.63, 3.8) is 0 Å². The average Bonchev–Trinajstić information content (AvgIpc) is 2.20. The highest BCUT2D eigenvalue weighted by atomic mass is 16.4. The van der Waals surface area contributed by atoms with E-state index in [1.807, 2.05) is 0 Å². The van der Waals surface area contributed by atoms with Crippen molar-refractivity contribution in [1.29, 1.82) is 0 Å². The summed E-state index contributed by atoms with van der Waals surface area (Å²) >= 11 is 0. The van der Waals surface area contributed by atoms with Crippen molar-refractivity contribution in [3.8, 4) is 0 Å². The second-order valence-electron chi connectivity index (χ2n) is 2.41. The summed E-state index contributed by atoms with van der Waals surface area (Å²) in [6.07, 6.45) is 3.16. The number of carbonyl (C=O) groups is 1. The number of unbranched alkanes of at least 4 members (excludes halogenated alkanes) is 1. The number of nitrogens with zero attached hydrogens (tertiary/aromatic N) is 2. The van der Waals surface area contributed by atoms with Gasteiger partial charge in [0.05, 0.1) is 0 Å². The summed E-state index contributed by atoms with van der Waals surface area (Å²) in [6, 6.07) is -0.716. The zero-order valence-electron chi connectivity index (χ0n) is 8.63. The number of carbonyl (C=O) groups excluding carboxylic acids is 2. The molecule has 0 bridgehead atoms. The quantitative estimate of drug-likeness (QED) is 0.320. The number of carboxylic acid groups (broad SMARTS) is 1. The summed E-state index contributed by atoms with van der Waals surface area (Å²) in [5.74, 6) is -0.933. The lowest BCUT2D eigenvalue weighted by molar-refractivity contribution is -0.138. The van der Waals surface area contributed by atoms with Crippen molar-refractivity contribution in [3.05, 3.63) is 10.8 Å². The van der Waals surface area contributed by atoms with E-state index in [9.17, 15) is 4.79 Å². The molecule has 0 saturated carbocycles. The van der Waals surface area contributed by atoms with E-state index in [-0.39, 0.29) is 0 Å². The summed E-state index contributed by atoms with van der Waals surface area (Å²) in [7, 11) is 0. The van der Waals surface area contributed by atoms with Crippen molar-refractivity contribution >= 4 is 18.1 Å². The predicted octanol–water partition coefficient (Wildman–Crippen LogP) is -0.689. The van der Waals surface area contributed by atoms with Gasteiger partial charge in [-0.1, -0.05) is 6.42 Å². The molecule has 0 aliphatic rings. The third kappa shape index (κ3) is 29.5. The molecule has 0 saturated heterocycles. The number of carboxylic acids is 1. The van der Waals surface area contributed by atoms with Crippen LogP contribution < -0.4 is 11.5 Å². The molecule has 1 atom stereocenters. The lowest BCUT2D eigenvalue weighted by Gasteiger charge is -2.03. The largest absolute Gasteiger partial charge is 0.724 e. The molecule has 0 radical (unpaired) electrons. The summed E-state index contributed by atoms with van der Waals surface area (Å²) in [4.78, 5) is 26.6. The topological polar surface area (TPSA) is 168 Å². The average molecular weight is 230 g/mol. The van der Waals surface area contributed by atoms with Crippen LogP contribution in [0.5, 0.6) is 0 Å². The van der Waals surface area contributed by atoms with Crippen LogP contribution in [-0.4, -0.2) is 35.8 Å². The fraction of sp³-hybridized carbons (Fsp3) is 0.625. The van der Waals surface area contributed by atoms with Gasteiger partial charge in [0.1, 0.15) is 6.04 Å². The first kappa shape index (κ1) is 19.7. The van der Waals surface area contributed by atoms with Crippen molar-refractivity contribution in [1.82, 2.24) is 0 Å². The molecule has 0 aliphatic heterocycles. The van der Waals surface area contributed by atoms with Gasteiger partial charge in [0.25, 0.3) is 0 Å². The first-order valence-corrected chi connectivity index (χ1v) is 4.22. The Morgan fingerprint density at radius 2 is 1.62 bits per heavy atom. The number of hydrogen-bond donors (Lipinski definition) is 3. The van der Waals surface area contributed by atoms with Gasteiger partial charge in [-0.05, 0) is 31.5 Å². The minimum absolute atomic E-state index is 0.500. The van der Waals surface area contributed by atoms with E-state index in [1.54, 1.807) is 0 Å². The molecule has 0 spiro atoms. The highest BCUT2D eigenvalue weighted by Gasteiger charge is 2.09. The van der Waals surface area contributed by atoms with Crippen LogP contribution in [0.25, 0.3) is 10.8 Å². The molecule has 8 nitrogen and oxygen atoms in total. The third-order valence-corrected chi connectivity index (χ3v) is 1.29. The first-order chi connectivity index (χ1) is 7.51. The van der Waals surface area contributed by atoms with E-state index in [0.29, 0.717) is 25.1 Å². The molecule has 0 heterocycles.